The summed E-state index contributed by atoms with van der Waals surface area (Å²) >= 11 is 3.43. The molecule has 1 fully saturated rings. The van der Waals surface area contributed by atoms with E-state index in [1.54, 1.807) is 12.1 Å². The smallest absolute Gasteiger partial charge is 0.289 e. The van der Waals surface area contributed by atoms with Gasteiger partial charge in [0.25, 0.3) is 5.91 Å². The number of nitrogens with one attached hydrogen (secondary N) is 1. The summed E-state index contributed by atoms with van der Waals surface area (Å²) in [5, 5.41) is 0. The summed E-state index contributed by atoms with van der Waals surface area (Å²) < 4.78 is 12.5. The van der Waals surface area contributed by atoms with E-state index in [4.69, 9.17) is 14.1 Å². The summed E-state index contributed by atoms with van der Waals surface area (Å²) in [6.45, 7) is 1.62. The highest BCUT2D eigenvalue weighted by Gasteiger charge is 2.28. The molecule has 1 aliphatic heterocycles. The van der Waals surface area contributed by atoms with E-state index < -0.39 is 0 Å². The van der Waals surface area contributed by atoms with Crippen molar-refractivity contribution in [2.24, 2.45) is 0 Å². The van der Waals surface area contributed by atoms with Crippen LogP contribution in [-0.2, 0) is 6.61 Å². The van der Waals surface area contributed by atoms with Crippen molar-refractivity contribution in [3.63, 3.8) is 0 Å². The minimum Gasteiger partial charge on any atom is -0.486 e. The fraction of sp³-hybridized carbons (Fsp3) is 0.250. The van der Waals surface area contributed by atoms with E-state index in [1.807, 2.05) is 53.4 Å². The third-order valence-electron chi connectivity index (χ3n) is 5.55. The largest absolute Gasteiger partial charge is 0.486 e. The minimum absolute atomic E-state index is 0.0884. The zero-order valence-corrected chi connectivity index (χ0v) is 18.5. The molecule has 1 atom stereocenters. The Hall–Kier alpha value is -3.06. The molecule has 31 heavy (non-hydrogen) atoms. The lowest BCUT2D eigenvalue weighted by atomic mass is 9.97. The fourth-order valence-electron chi connectivity index (χ4n) is 3.99. The molecule has 7 heteroatoms. The Morgan fingerprint density at radius 2 is 2.10 bits per heavy atom. The number of carbonyl (C=O) groups is 1. The number of hydrogen-bond donors (Lipinski definition) is 1. The number of benzene rings is 2. The molecule has 1 N–H and O–H groups in total. The van der Waals surface area contributed by atoms with E-state index in [1.165, 1.54) is 0 Å². The van der Waals surface area contributed by atoms with Gasteiger partial charge >= 0.3 is 0 Å². The van der Waals surface area contributed by atoms with Gasteiger partial charge in [0.15, 0.2) is 5.76 Å². The number of halogens is 1. The molecule has 6 nitrogen and oxygen atoms in total. The van der Waals surface area contributed by atoms with Gasteiger partial charge in [-0.3, -0.25) is 4.79 Å². The Morgan fingerprint density at radius 1 is 1.19 bits per heavy atom. The third-order valence-corrected chi connectivity index (χ3v) is 6.05. The van der Waals surface area contributed by atoms with Crippen molar-refractivity contribution in [1.82, 2.24) is 14.9 Å². The molecule has 2 aromatic carbocycles. The van der Waals surface area contributed by atoms with Crippen molar-refractivity contribution in [2.75, 3.05) is 13.1 Å². The number of rotatable bonds is 5. The number of furan rings is 1. The van der Waals surface area contributed by atoms with Crippen LogP contribution in [0, 0.1) is 0 Å². The minimum atomic E-state index is -0.0884. The number of ether oxygens (including phenoxy) is 1. The van der Waals surface area contributed by atoms with E-state index in [2.05, 4.69) is 20.9 Å². The summed E-state index contributed by atoms with van der Waals surface area (Å²) in [6, 6.07) is 19.2. The molecule has 1 saturated heterocycles. The van der Waals surface area contributed by atoms with E-state index in [0.29, 0.717) is 18.1 Å². The molecular weight excluding hydrogens is 458 g/mol. The number of fused-ring (bicyclic) bond motifs is 1. The number of nitrogens with zero attached hydrogens (tertiary/aromatic N) is 2. The lowest BCUT2D eigenvalue weighted by Gasteiger charge is -2.31. The molecule has 1 unspecified atom stereocenters. The van der Waals surface area contributed by atoms with Gasteiger partial charge in [-0.15, -0.1) is 0 Å². The van der Waals surface area contributed by atoms with Crippen molar-refractivity contribution in [2.45, 2.75) is 25.4 Å². The first-order chi connectivity index (χ1) is 15.2. The van der Waals surface area contributed by atoms with Crippen molar-refractivity contribution in [3.8, 4) is 5.75 Å². The molecule has 1 amide bonds. The van der Waals surface area contributed by atoms with E-state index in [-0.39, 0.29) is 18.4 Å². The fourth-order valence-corrected chi connectivity index (χ4v) is 4.37. The first-order valence-corrected chi connectivity index (χ1v) is 11.2. The predicted molar refractivity (Wildman–Crippen MR) is 121 cm³/mol. The van der Waals surface area contributed by atoms with Crippen LogP contribution >= 0.6 is 15.9 Å². The van der Waals surface area contributed by atoms with Crippen LogP contribution in [0.1, 0.15) is 40.9 Å². The van der Waals surface area contributed by atoms with Gasteiger partial charge in [-0.25, -0.2) is 4.98 Å². The second-order valence-electron chi connectivity index (χ2n) is 7.74. The average molecular weight is 480 g/mol. The van der Waals surface area contributed by atoms with Crippen molar-refractivity contribution in [1.29, 1.82) is 0 Å². The van der Waals surface area contributed by atoms with Crippen molar-refractivity contribution >= 4 is 32.9 Å². The number of hydrogen-bond acceptors (Lipinski definition) is 4. The number of imidazole rings is 1. The second kappa shape index (κ2) is 8.59. The average Bonchev–Trinajstić information content (AvgIpc) is 3.44. The van der Waals surface area contributed by atoms with E-state index >= 15 is 0 Å². The molecule has 4 aromatic rings. The Morgan fingerprint density at radius 3 is 2.97 bits per heavy atom. The number of carbonyl (C=O) groups excluding carboxylic acids is 1. The maximum Gasteiger partial charge on any atom is 0.289 e. The molecule has 0 spiro atoms. The van der Waals surface area contributed by atoms with Gasteiger partial charge in [0, 0.05) is 23.5 Å². The Bertz CT molecular complexity index is 1180. The molecule has 3 heterocycles. The Labute approximate surface area is 188 Å². The number of aromatic nitrogens is 2. The van der Waals surface area contributed by atoms with Crippen LogP contribution in [0.5, 0.6) is 5.75 Å². The van der Waals surface area contributed by atoms with E-state index in [0.717, 1.165) is 46.5 Å². The predicted octanol–water partition coefficient (Wildman–Crippen LogP) is 5.52. The molecule has 5 rings (SSSR count). The highest BCUT2D eigenvalue weighted by Crippen LogP contribution is 2.28. The highest BCUT2D eigenvalue weighted by atomic mass is 79.9. The van der Waals surface area contributed by atoms with Gasteiger partial charge in [-0.2, -0.15) is 0 Å². The number of amides is 1. The maximum absolute atomic E-state index is 13.0. The van der Waals surface area contributed by atoms with Gasteiger partial charge < -0.3 is 19.0 Å². The molecule has 2 aromatic heterocycles. The summed E-state index contributed by atoms with van der Waals surface area (Å²) in [5.74, 6) is 2.76. The van der Waals surface area contributed by atoms with Crippen LogP contribution in [-0.4, -0.2) is 33.9 Å². The van der Waals surface area contributed by atoms with Crippen LogP contribution in [0.25, 0.3) is 11.0 Å². The van der Waals surface area contributed by atoms with Crippen molar-refractivity contribution < 1.29 is 13.9 Å². The molecule has 0 bridgehead atoms. The van der Waals surface area contributed by atoms with Gasteiger partial charge in [-0.1, -0.05) is 34.1 Å². The Balaban J connectivity index is 1.24. The van der Waals surface area contributed by atoms with Gasteiger partial charge in [0.2, 0.25) is 0 Å². The van der Waals surface area contributed by atoms with Crippen LogP contribution in [0.3, 0.4) is 0 Å². The summed E-state index contributed by atoms with van der Waals surface area (Å²) in [4.78, 5) is 23.0. The third kappa shape index (κ3) is 4.37. The molecule has 0 aliphatic carbocycles. The van der Waals surface area contributed by atoms with Gasteiger partial charge in [0.1, 0.15) is 23.9 Å². The summed E-state index contributed by atoms with van der Waals surface area (Å²) in [6.07, 6.45) is 1.94. The van der Waals surface area contributed by atoms with Crippen LogP contribution in [0.4, 0.5) is 0 Å². The molecule has 158 valence electrons. The SMILES string of the molecule is O=C(c1ccc(COc2cccc(Br)c2)o1)N1CCCC(c2nc3ccccc3[nH]2)C1. The van der Waals surface area contributed by atoms with Gasteiger partial charge in [0.05, 0.1) is 11.0 Å². The standard InChI is InChI=1S/C24H22BrN3O3/c25-17-6-3-7-18(13-17)30-15-19-10-11-22(31-19)24(29)28-12-4-5-16(14-28)23-26-20-8-1-2-9-21(20)27-23/h1-3,6-11,13,16H,4-5,12,14-15H2,(H,26,27). The topological polar surface area (TPSA) is 71.4 Å². The normalized spacial score (nSPS) is 16.5. The second-order valence-corrected chi connectivity index (χ2v) is 8.66. The molecule has 1 aliphatic rings. The summed E-state index contributed by atoms with van der Waals surface area (Å²) in [5.41, 5.74) is 1.99. The first kappa shape index (κ1) is 19.9. The van der Waals surface area contributed by atoms with Crippen LogP contribution in [0.15, 0.2) is 69.6 Å². The Kier molecular flexibility index (Phi) is 5.51. The molecule has 0 saturated carbocycles. The summed E-state index contributed by atoms with van der Waals surface area (Å²) in [7, 11) is 0. The van der Waals surface area contributed by atoms with Crippen LogP contribution < -0.4 is 4.74 Å². The monoisotopic (exact) mass is 479 g/mol. The lowest BCUT2D eigenvalue weighted by molar-refractivity contribution is 0.0668. The zero-order chi connectivity index (χ0) is 21.2. The number of para-hydroxylation sites is 2. The maximum atomic E-state index is 13.0. The molecular formula is C24H22BrN3O3. The quantitative estimate of drug-likeness (QED) is 0.409. The number of H-pyrrole nitrogens is 1. The lowest BCUT2D eigenvalue weighted by Crippen LogP contribution is -2.39. The zero-order valence-electron chi connectivity index (χ0n) is 16.9. The molecule has 0 radical (unpaired) electrons. The van der Waals surface area contributed by atoms with E-state index in [9.17, 15) is 4.79 Å². The van der Waals surface area contributed by atoms with Crippen molar-refractivity contribution in [3.05, 3.63) is 82.5 Å². The van der Waals surface area contributed by atoms with Gasteiger partial charge in [-0.05, 0) is 55.3 Å². The number of likely N-dealkylation sites (tertiary alicyclic amines) is 1. The highest BCUT2D eigenvalue weighted by molar-refractivity contribution is 9.10. The first-order valence-electron chi connectivity index (χ1n) is 10.4. The number of piperidine rings is 1. The number of aromatic amines is 1. The van der Waals surface area contributed by atoms with Crippen LogP contribution in [0.2, 0.25) is 0 Å².